The third kappa shape index (κ3) is 8.86. The summed E-state index contributed by atoms with van der Waals surface area (Å²) < 4.78 is 18.4. The Hall–Kier alpha value is -6.52. The molecular formula is C51H56ClFN10O5. The first-order chi connectivity index (χ1) is 32.8. The van der Waals surface area contributed by atoms with Crippen LogP contribution in [0.1, 0.15) is 71.4 Å². The van der Waals surface area contributed by atoms with E-state index in [1.807, 2.05) is 29.3 Å². The lowest BCUT2D eigenvalue weighted by Gasteiger charge is -2.56. The standard InChI is InChI=1S/C51H56ClFN10O5/c1-57(2)49(67)42-29-40-38(28-39(46(53)47(40)55-42)35-5-3-17-61(32-35)45(65)13-19-62-18-4-16-54-62)33-6-9-36(10-7-33)58-23-25-59(26-24-58)37-30-51(31-37)14-21-60(22-15-51)48(66)34-8-11-41(52)43(27-34)63-20-12-44(64)56-50(63)68/h4-11,16,18,27-29,37,55H,3,12-15,17,19-26,30-32H2,1-2H3,(H,56,64,68). The number of benzene rings is 3. The van der Waals surface area contributed by atoms with Crippen LogP contribution in [0.4, 0.5) is 20.6 Å². The van der Waals surface area contributed by atoms with E-state index in [2.05, 4.69) is 49.5 Å². The normalized spacial score (nSPS) is 19.0. The van der Waals surface area contributed by atoms with Crippen LogP contribution in [0.25, 0.3) is 27.6 Å². The third-order valence-corrected chi connectivity index (χ3v) is 15.1. The molecule has 0 unspecified atom stereocenters. The van der Waals surface area contributed by atoms with E-state index >= 15 is 4.39 Å². The predicted molar refractivity (Wildman–Crippen MR) is 259 cm³/mol. The highest BCUT2D eigenvalue weighted by atomic mass is 35.5. The molecule has 3 aromatic carbocycles. The van der Waals surface area contributed by atoms with Gasteiger partial charge in [-0.05, 0) is 103 Å². The van der Waals surface area contributed by atoms with Crippen molar-refractivity contribution in [1.82, 2.24) is 39.7 Å². The van der Waals surface area contributed by atoms with E-state index < -0.39 is 11.8 Å². The van der Waals surface area contributed by atoms with E-state index in [4.69, 9.17) is 11.6 Å². The highest BCUT2D eigenvalue weighted by molar-refractivity contribution is 6.34. The number of nitrogens with one attached hydrogen (secondary N) is 2. The number of hydrogen-bond acceptors (Lipinski definition) is 8. The molecule has 1 spiro atoms. The number of aryl methyl sites for hydroxylation is 1. The largest absolute Gasteiger partial charge is 0.369 e. The number of carbonyl (C=O) groups is 5. The number of fused-ring (bicyclic) bond motifs is 1. The molecule has 0 radical (unpaired) electrons. The number of carbonyl (C=O) groups excluding carboxylic acids is 5. The quantitative estimate of drug-likeness (QED) is 0.154. The van der Waals surface area contributed by atoms with Crippen LogP contribution in [0.2, 0.25) is 5.02 Å². The maximum atomic E-state index is 16.7. The minimum absolute atomic E-state index is 0.00807. The molecule has 3 saturated heterocycles. The summed E-state index contributed by atoms with van der Waals surface area (Å²) in [7, 11) is 3.34. The van der Waals surface area contributed by atoms with Gasteiger partial charge in [-0.25, -0.2) is 9.18 Å². The molecule has 4 fully saturated rings. The van der Waals surface area contributed by atoms with Gasteiger partial charge in [-0.2, -0.15) is 5.10 Å². The molecule has 17 heteroatoms. The molecule has 354 valence electrons. The maximum absolute atomic E-state index is 16.7. The lowest BCUT2D eigenvalue weighted by Crippen LogP contribution is -2.59. The SMILES string of the molecule is CN(C)C(=O)c1cc2c(-c3ccc(N4CCN(C5CC6(CCN(C(=O)c7ccc(Cl)c(N8CCC(=O)NC8=O)c7)CC6)C5)CC4)cc3)cc(C3=CCCN(C(=O)CCn4cccn4)C3)c(F)c2[nH]1. The van der Waals surface area contributed by atoms with Gasteiger partial charge in [-0.15, -0.1) is 0 Å². The van der Waals surface area contributed by atoms with Crippen molar-refractivity contribution in [3.8, 4) is 11.1 Å². The fourth-order valence-corrected chi connectivity index (χ4v) is 11.1. The Morgan fingerprint density at radius 1 is 0.897 bits per heavy atom. The Labute approximate surface area is 399 Å². The number of urea groups is 1. The van der Waals surface area contributed by atoms with Crippen LogP contribution in [0.3, 0.4) is 0 Å². The van der Waals surface area contributed by atoms with Gasteiger partial charge in [-0.1, -0.05) is 29.8 Å². The molecule has 1 saturated carbocycles. The summed E-state index contributed by atoms with van der Waals surface area (Å²) in [5, 5.41) is 7.51. The Morgan fingerprint density at radius 3 is 2.37 bits per heavy atom. The van der Waals surface area contributed by atoms with Gasteiger partial charge in [0, 0.05) is 133 Å². The van der Waals surface area contributed by atoms with Crippen molar-refractivity contribution in [2.24, 2.45) is 5.41 Å². The summed E-state index contributed by atoms with van der Waals surface area (Å²) >= 11 is 6.45. The van der Waals surface area contributed by atoms with E-state index in [-0.39, 0.29) is 54.1 Å². The zero-order chi connectivity index (χ0) is 47.3. The number of H-pyrrole nitrogens is 1. The number of amides is 6. The van der Waals surface area contributed by atoms with Crippen LogP contribution in [-0.4, -0.2) is 143 Å². The van der Waals surface area contributed by atoms with Gasteiger partial charge in [-0.3, -0.25) is 39.0 Å². The summed E-state index contributed by atoms with van der Waals surface area (Å²) in [5.41, 5.74) is 5.70. The minimum atomic E-state index is -0.537. The van der Waals surface area contributed by atoms with Crippen LogP contribution in [-0.2, 0) is 16.1 Å². The van der Waals surface area contributed by atoms with Gasteiger partial charge in [0.25, 0.3) is 11.8 Å². The number of rotatable bonds is 10. The van der Waals surface area contributed by atoms with Gasteiger partial charge in [0.15, 0.2) is 5.82 Å². The molecule has 10 rings (SSSR count). The van der Waals surface area contributed by atoms with Crippen molar-refractivity contribution >= 4 is 69.1 Å². The number of piperazine rings is 1. The first kappa shape index (κ1) is 45.3. The molecule has 6 heterocycles. The van der Waals surface area contributed by atoms with Gasteiger partial charge in [0.2, 0.25) is 11.8 Å². The summed E-state index contributed by atoms with van der Waals surface area (Å²) in [5.74, 6) is -1.10. The fourth-order valence-electron chi connectivity index (χ4n) is 10.9. The van der Waals surface area contributed by atoms with E-state index in [9.17, 15) is 24.0 Å². The van der Waals surface area contributed by atoms with E-state index in [0.717, 1.165) is 74.2 Å². The molecule has 0 atom stereocenters. The van der Waals surface area contributed by atoms with Crippen LogP contribution in [0.5, 0.6) is 0 Å². The minimum Gasteiger partial charge on any atom is -0.369 e. The zero-order valence-electron chi connectivity index (χ0n) is 38.5. The van der Waals surface area contributed by atoms with Crippen molar-refractivity contribution in [3.05, 3.63) is 107 Å². The predicted octanol–water partition coefficient (Wildman–Crippen LogP) is 6.89. The average molecular weight is 944 g/mol. The van der Waals surface area contributed by atoms with Gasteiger partial charge >= 0.3 is 6.03 Å². The van der Waals surface area contributed by atoms with Crippen LogP contribution in [0.15, 0.2) is 79.1 Å². The number of piperidine rings is 1. The molecular weight excluding hydrogens is 887 g/mol. The molecule has 2 N–H and O–H groups in total. The van der Waals surface area contributed by atoms with E-state index in [1.165, 1.54) is 9.80 Å². The van der Waals surface area contributed by atoms with E-state index in [0.29, 0.717) is 78.0 Å². The summed E-state index contributed by atoms with van der Waals surface area (Å²) in [6.07, 6.45) is 10.8. The summed E-state index contributed by atoms with van der Waals surface area (Å²) in [4.78, 5) is 79.0. The van der Waals surface area contributed by atoms with E-state index in [1.54, 1.807) is 54.1 Å². The first-order valence-electron chi connectivity index (χ1n) is 23.6. The number of likely N-dealkylation sites (tertiary alicyclic amines) is 1. The number of anilines is 2. The van der Waals surface area contributed by atoms with Gasteiger partial charge < -0.3 is 24.6 Å². The molecule has 5 aliphatic rings. The molecule has 15 nitrogen and oxygen atoms in total. The number of imide groups is 1. The third-order valence-electron chi connectivity index (χ3n) is 14.8. The average Bonchev–Trinajstić information content (AvgIpc) is 4.05. The highest BCUT2D eigenvalue weighted by Gasteiger charge is 2.48. The summed E-state index contributed by atoms with van der Waals surface area (Å²) in [6.45, 7) is 6.61. The highest BCUT2D eigenvalue weighted by Crippen LogP contribution is 2.51. The lowest BCUT2D eigenvalue weighted by molar-refractivity contribution is -0.131. The molecule has 2 aromatic heterocycles. The van der Waals surface area contributed by atoms with Crippen molar-refractivity contribution in [1.29, 1.82) is 0 Å². The van der Waals surface area contributed by atoms with Crippen molar-refractivity contribution < 1.29 is 28.4 Å². The molecule has 68 heavy (non-hydrogen) atoms. The Bertz CT molecular complexity index is 2800. The van der Waals surface area contributed by atoms with Crippen LogP contribution >= 0.6 is 11.6 Å². The topological polar surface area (TPSA) is 150 Å². The van der Waals surface area contributed by atoms with Crippen molar-refractivity contribution in [2.75, 3.05) is 82.8 Å². The second kappa shape index (κ2) is 18.5. The Balaban J connectivity index is 0.765. The number of halogens is 2. The molecule has 6 amide bonds. The smallest absolute Gasteiger partial charge is 0.328 e. The lowest BCUT2D eigenvalue weighted by atomic mass is 9.60. The molecule has 1 aliphatic carbocycles. The zero-order valence-corrected chi connectivity index (χ0v) is 39.2. The second-order valence-corrected chi connectivity index (χ2v) is 19.6. The number of hydrogen-bond donors (Lipinski definition) is 2. The molecule has 0 bridgehead atoms. The Kier molecular flexibility index (Phi) is 12.3. The Morgan fingerprint density at radius 2 is 1.66 bits per heavy atom. The monoisotopic (exact) mass is 942 g/mol. The number of aromatic nitrogens is 3. The van der Waals surface area contributed by atoms with Crippen molar-refractivity contribution in [2.45, 2.75) is 57.5 Å². The number of nitrogens with zero attached hydrogens (tertiary/aromatic N) is 8. The van der Waals surface area contributed by atoms with Crippen molar-refractivity contribution in [3.63, 3.8) is 0 Å². The fraction of sp³-hybridized carbons (Fsp3) is 0.412. The van der Waals surface area contributed by atoms with Gasteiger partial charge in [0.1, 0.15) is 5.69 Å². The first-order valence-corrected chi connectivity index (χ1v) is 24.0. The molecule has 4 aliphatic heterocycles. The van der Waals surface area contributed by atoms with Crippen LogP contribution in [0, 0.1) is 11.2 Å². The van der Waals surface area contributed by atoms with Crippen LogP contribution < -0.4 is 15.1 Å². The number of aromatic amines is 1. The second-order valence-electron chi connectivity index (χ2n) is 19.2. The molecule has 5 aromatic rings. The maximum Gasteiger partial charge on any atom is 0.328 e. The summed E-state index contributed by atoms with van der Waals surface area (Å²) in [6, 6.07) is 18.8. The van der Waals surface area contributed by atoms with Gasteiger partial charge in [0.05, 0.1) is 16.2 Å².